The molecular weight excluding hydrogens is 943 g/mol. The molecule has 0 aromatic heterocycles. The number of aliphatic hydroxyl groups excluding tert-OH is 7. The van der Waals surface area contributed by atoms with Crippen LogP contribution in [0.2, 0.25) is 0 Å². The molecule has 1 heterocycles. The molecule has 1 rings (SSSR count). The lowest BCUT2D eigenvalue weighted by Crippen LogP contribution is -2.60. The standard InChI is InChI=1S/C64H123NO10/c1-3-5-7-9-11-13-15-17-19-21-22-23-24-25-26-27-28-29-30-31-32-33-34-36-38-40-42-44-46-48-50-52-57(68)63(73)65-55(54-74-64-62(72)61(71)60(70)58(53-66)75-64)59(69)56(67)51-49-47-45-43-41-39-37-35-20-18-16-14-12-10-8-6-4-2/h25-26,43,45,55-62,64,66-72H,3-24,27-42,44,46-54H2,1-2H3,(H,65,73)/b26-25-,45-43+. The zero-order chi connectivity index (χ0) is 54.7. The lowest BCUT2D eigenvalue weighted by atomic mass is 9.98. The fourth-order valence-corrected chi connectivity index (χ4v) is 10.5. The Bertz CT molecular complexity index is 1270. The van der Waals surface area contributed by atoms with Gasteiger partial charge in [-0.05, 0) is 64.2 Å². The van der Waals surface area contributed by atoms with E-state index in [1.165, 1.54) is 231 Å². The normalized spacial score (nSPS) is 19.8. The van der Waals surface area contributed by atoms with Gasteiger partial charge in [-0.3, -0.25) is 4.79 Å². The highest BCUT2D eigenvalue weighted by Gasteiger charge is 2.44. The molecule has 0 aromatic carbocycles. The number of allylic oxidation sites excluding steroid dienone is 4. The zero-order valence-electron chi connectivity index (χ0n) is 48.8. The van der Waals surface area contributed by atoms with Crippen LogP contribution in [0, 0.1) is 0 Å². The van der Waals surface area contributed by atoms with Gasteiger partial charge in [-0.2, -0.15) is 0 Å². The summed E-state index contributed by atoms with van der Waals surface area (Å²) in [5.41, 5.74) is 0. The monoisotopic (exact) mass is 1070 g/mol. The van der Waals surface area contributed by atoms with Crippen LogP contribution in [0.25, 0.3) is 0 Å². The molecule has 1 fully saturated rings. The third-order valence-corrected chi connectivity index (χ3v) is 15.7. The minimum atomic E-state index is -1.67. The Hall–Kier alpha value is -1.41. The van der Waals surface area contributed by atoms with E-state index in [2.05, 4.69) is 43.5 Å². The van der Waals surface area contributed by atoms with E-state index in [9.17, 15) is 40.5 Å². The first-order chi connectivity index (χ1) is 36.7. The Labute approximate surface area is 461 Å². The van der Waals surface area contributed by atoms with E-state index in [1.807, 2.05) is 0 Å². The van der Waals surface area contributed by atoms with Crippen molar-refractivity contribution in [3.05, 3.63) is 24.3 Å². The maximum atomic E-state index is 13.2. The maximum absolute atomic E-state index is 13.2. The molecule has 0 saturated carbocycles. The number of aliphatic hydroxyl groups is 7. The fourth-order valence-electron chi connectivity index (χ4n) is 10.5. The van der Waals surface area contributed by atoms with Gasteiger partial charge >= 0.3 is 0 Å². The van der Waals surface area contributed by atoms with Crippen molar-refractivity contribution in [1.82, 2.24) is 5.32 Å². The second-order valence-corrected chi connectivity index (χ2v) is 22.8. The highest BCUT2D eigenvalue weighted by Crippen LogP contribution is 2.24. The van der Waals surface area contributed by atoms with Gasteiger partial charge < -0.3 is 50.5 Å². The summed E-state index contributed by atoms with van der Waals surface area (Å²) in [6.45, 7) is 3.48. The van der Waals surface area contributed by atoms with Crippen LogP contribution >= 0.6 is 0 Å². The summed E-state index contributed by atoms with van der Waals surface area (Å²) in [5, 5.41) is 76.2. The first kappa shape index (κ1) is 71.6. The lowest BCUT2D eigenvalue weighted by Gasteiger charge is -2.40. The molecule has 75 heavy (non-hydrogen) atoms. The largest absolute Gasteiger partial charge is 0.394 e. The third-order valence-electron chi connectivity index (χ3n) is 15.7. The highest BCUT2D eigenvalue weighted by molar-refractivity contribution is 5.80. The number of hydrogen-bond donors (Lipinski definition) is 8. The van der Waals surface area contributed by atoms with E-state index in [0.29, 0.717) is 12.8 Å². The van der Waals surface area contributed by atoms with E-state index < -0.39 is 74.2 Å². The molecule has 1 aliphatic rings. The number of carbonyl (C=O) groups is 1. The fraction of sp³-hybridized carbons (Fsp3) is 0.922. The van der Waals surface area contributed by atoms with Crippen LogP contribution < -0.4 is 5.32 Å². The third kappa shape index (κ3) is 41.3. The smallest absolute Gasteiger partial charge is 0.249 e. The van der Waals surface area contributed by atoms with E-state index in [0.717, 1.165) is 38.5 Å². The highest BCUT2D eigenvalue weighted by atomic mass is 16.7. The Morgan fingerprint density at radius 1 is 0.453 bits per heavy atom. The van der Waals surface area contributed by atoms with E-state index in [4.69, 9.17) is 9.47 Å². The molecule has 0 spiro atoms. The zero-order valence-corrected chi connectivity index (χ0v) is 48.8. The van der Waals surface area contributed by atoms with Gasteiger partial charge in [-0.25, -0.2) is 0 Å². The van der Waals surface area contributed by atoms with Crippen molar-refractivity contribution < 1.29 is 50.0 Å². The number of nitrogens with one attached hydrogen (secondary N) is 1. The molecule has 8 N–H and O–H groups in total. The average Bonchev–Trinajstić information content (AvgIpc) is 3.41. The number of carbonyl (C=O) groups excluding carboxylic acids is 1. The summed E-state index contributed by atoms with van der Waals surface area (Å²) >= 11 is 0. The summed E-state index contributed by atoms with van der Waals surface area (Å²) in [4.78, 5) is 13.2. The summed E-state index contributed by atoms with van der Waals surface area (Å²) in [6, 6.07) is -1.18. The molecule has 0 radical (unpaired) electrons. The summed E-state index contributed by atoms with van der Waals surface area (Å²) < 4.78 is 11.2. The second kappa shape index (κ2) is 53.2. The van der Waals surface area contributed by atoms with Crippen LogP contribution in [0.5, 0.6) is 0 Å². The Kier molecular flexibility index (Phi) is 50.8. The first-order valence-corrected chi connectivity index (χ1v) is 32.2. The molecule has 0 bridgehead atoms. The van der Waals surface area contributed by atoms with Crippen LogP contribution in [0.3, 0.4) is 0 Å². The van der Waals surface area contributed by atoms with Gasteiger partial charge in [0.15, 0.2) is 6.29 Å². The average molecular weight is 1070 g/mol. The van der Waals surface area contributed by atoms with Crippen LogP contribution in [-0.4, -0.2) is 110 Å². The number of hydrogen-bond acceptors (Lipinski definition) is 10. The molecule has 9 atom stereocenters. The molecule has 11 heteroatoms. The van der Waals surface area contributed by atoms with Gasteiger partial charge in [-0.15, -0.1) is 0 Å². The topological polar surface area (TPSA) is 189 Å². The number of rotatable bonds is 56. The minimum Gasteiger partial charge on any atom is -0.394 e. The van der Waals surface area contributed by atoms with Crippen molar-refractivity contribution in [2.24, 2.45) is 0 Å². The molecule has 1 saturated heterocycles. The minimum absolute atomic E-state index is 0.257. The molecule has 444 valence electrons. The maximum Gasteiger partial charge on any atom is 0.249 e. The van der Waals surface area contributed by atoms with Crippen LogP contribution in [-0.2, 0) is 14.3 Å². The predicted octanol–water partition coefficient (Wildman–Crippen LogP) is 14.5. The van der Waals surface area contributed by atoms with Crippen molar-refractivity contribution in [3.8, 4) is 0 Å². The first-order valence-electron chi connectivity index (χ1n) is 32.2. The number of ether oxygens (including phenoxy) is 2. The van der Waals surface area contributed by atoms with Crippen LogP contribution in [0.4, 0.5) is 0 Å². The lowest BCUT2D eigenvalue weighted by molar-refractivity contribution is -0.303. The van der Waals surface area contributed by atoms with Gasteiger partial charge in [0.05, 0.1) is 25.4 Å². The molecule has 9 unspecified atom stereocenters. The Morgan fingerprint density at radius 3 is 1.15 bits per heavy atom. The molecule has 11 nitrogen and oxygen atoms in total. The molecular formula is C64H123NO10. The van der Waals surface area contributed by atoms with Gasteiger partial charge in [0.25, 0.3) is 0 Å². The van der Waals surface area contributed by atoms with Crippen LogP contribution in [0.15, 0.2) is 24.3 Å². The number of amides is 1. The second-order valence-electron chi connectivity index (χ2n) is 22.8. The van der Waals surface area contributed by atoms with Crippen molar-refractivity contribution in [1.29, 1.82) is 0 Å². The molecule has 0 aromatic rings. The van der Waals surface area contributed by atoms with E-state index in [1.54, 1.807) is 0 Å². The summed E-state index contributed by atoms with van der Waals surface area (Å²) in [5.74, 6) is -0.701. The Balaban J connectivity index is 2.21. The van der Waals surface area contributed by atoms with Crippen molar-refractivity contribution in [2.45, 2.75) is 364 Å². The van der Waals surface area contributed by atoms with E-state index >= 15 is 0 Å². The van der Waals surface area contributed by atoms with Gasteiger partial charge in [-0.1, -0.05) is 269 Å². The van der Waals surface area contributed by atoms with Gasteiger partial charge in [0.2, 0.25) is 5.91 Å². The van der Waals surface area contributed by atoms with Crippen LogP contribution in [0.1, 0.15) is 309 Å². The SMILES string of the molecule is CCCCCCCCCCCCCC/C=C\CCCCCCCCCCCCCCCCCC(O)C(=O)NC(COC1OC(CO)C(O)C(O)C1O)C(O)C(O)CCC/C=C/CCCCCCCCCCCCCC. The van der Waals surface area contributed by atoms with Crippen molar-refractivity contribution in [3.63, 3.8) is 0 Å². The predicted molar refractivity (Wildman–Crippen MR) is 312 cm³/mol. The molecule has 1 amide bonds. The molecule has 0 aliphatic carbocycles. The van der Waals surface area contributed by atoms with Crippen molar-refractivity contribution >= 4 is 5.91 Å². The Morgan fingerprint density at radius 2 is 0.787 bits per heavy atom. The van der Waals surface area contributed by atoms with Crippen molar-refractivity contribution in [2.75, 3.05) is 13.2 Å². The number of unbranched alkanes of at least 4 members (excludes halogenated alkanes) is 40. The summed E-state index contributed by atoms with van der Waals surface area (Å²) in [7, 11) is 0. The van der Waals surface area contributed by atoms with Gasteiger partial charge in [0.1, 0.15) is 36.6 Å². The summed E-state index contributed by atoms with van der Waals surface area (Å²) in [6.07, 6.45) is 54.0. The van der Waals surface area contributed by atoms with Gasteiger partial charge in [0, 0.05) is 0 Å². The van der Waals surface area contributed by atoms with E-state index in [-0.39, 0.29) is 12.8 Å². The molecule has 1 aliphatic heterocycles. The quantitative estimate of drug-likeness (QED) is 0.0215.